The van der Waals surface area contributed by atoms with E-state index in [0.717, 1.165) is 0 Å². The maximum atomic E-state index is 11.8. The molecule has 98 valence electrons. The molecular weight excluding hydrogens is 236 g/mol. The molecule has 5 heteroatoms. The molecule has 0 saturated heterocycles. The van der Waals surface area contributed by atoms with Crippen LogP contribution in [-0.2, 0) is 9.47 Å². The lowest BCUT2D eigenvalue weighted by Crippen LogP contribution is -2.13. The molecule has 0 unspecified atom stereocenters. The highest BCUT2D eigenvalue weighted by Crippen LogP contribution is 2.11. The lowest BCUT2D eigenvalue weighted by Gasteiger charge is -2.07. The first-order valence-electron chi connectivity index (χ1n) is 5.66. The van der Waals surface area contributed by atoms with Crippen molar-refractivity contribution in [2.24, 2.45) is 0 Å². The quantitative estimate of drug-likeness (QED) is 0.612. The third-order valence-corrected chi connectivity index (χ3v) is 2.34. The Balaban J connectivity index is 2.70. The fourth-order valence-electron chi connectivity index (χ4n) is 1.41. The summed E-state index contributed by atoms with van der Waals surface area (Å²) in [7, 11) is 1.26. The number of aliphatic hydroxyl groups excluding tert-OH is 1. The third kappa shape index (κ3) is 3.85. The Kier molecular flexibility index (Phi) is 5.87. The van der Waals surface area contributed by atoms with Crippen LogP contribution in [0.5, 0.6) is 0 Å². The standard InChI is InChI=1S/C13H16O5/c1-17-12(15)10-6-2-3-7-11(10)13(16)18-9-5-4-8-14/h2-3,6-7,14H,4-5,8-9H2,1H3. The van der Waals surface area contributed by atoms with Gasteiger partial charge in [0.2, 0.25) is 0 Å². The zero-order chi connectivity index (χ0) is 13.4. The predicted molar refractivity (Wildman–Crippen MR) is 64.4 cm³/mol. The van der Waals surface area contributed by atoms with Crippen molar-refractivity contribution >= 4 is 11.9 Å². The van der Waals surface area contributed by atoms with Crippen molar-refractivity contribution in [3.63, 3.8) is 0 Å². The second-order valence-corrected chi connectivity index (χ2v) is 3.60. The summed E-state index contributed by atoms with van der Waals surface area (Å²) in [6, 6.07) is 6.32. The SMILES string of the molecule is COC(=O)c1ccccc1C(=O)OCCCCO. The summed E-state index contributed by atoms with van der Waals surface area (Å²) in [5.74, 6) is -1.13. The minimum atomic E-state index is -0.571. The summed E-state index contributed by atoms with van der Waals surface area (Å²) >= 11 is 0. The summed E-state index contributed by atoms with van der Waals surface area (Å²) < 4.78 is 9.60. The van der Waals surface area contributed by atoms with Crippen LogP contribution in [0.3, 0.4) is 0 Å². The van der Waals surface area contributed by atoms with Gasteiger partial charge in [0.1, 0.15) is 0 Å². The fourth-order valence-corrected chi connectivity index (χ4v) is 1.41. The van der Waals surface area contributed by atoms with Gasteiger partial charge in [-0.1, -0.05) is 12.1 Å². The van der Waals surface area contributed by atoms with Gasteiger partial charge in [0, 0.05) is 6.61 Å². The van der Waals surface area contributed by atoms with Gasteiger partial charge in [-0.15, -0.1) is 0 Å². The zero-order valence-electron chi connectivity index (χ0n) is 10.2. The first-order valence-corrected chi connectivity index (χ1v) is 5.66. The lowest BCUT2D eigenvalue weighted by molar-refractivity contribution is 0.0475. The van der Waals surface area contributed by atoms with Gasteiger partial charge in [0.25, 0.3) is 0 Å². The molecule has 0 aliphatic heterocycles. The summed E-state index contributed by atoms with van der Waals surface area (Å²) in [4.78, 5) is 23.2. The molecule has 1 rings (SSSR count). The highest BCUT2D eigenvalue weighted by molar-refractivity contribution is 6.03. The number of benzene rings is 1. The fraction of sp³-hybridized carbons (Fsp3) is 0.385. The van der Waals surface area contributed by atoms with Crippen molar-refractivity contribution < 1.29 is 24.2 Å². The van der Waals surface area contributed by atoms with E-state index in [2.05, 4.69) is 4.74 Å². The van der Waals surface area contributed by atoms with Crippen LogP contribution in [0.1, 0.15) is 33.6 Å². The molecule has 1 N–H and O–H groups in total. The normalized spacial score (nSPS) is 9.89. The Bertz CT molecular complexity index is 414. The molecule has 18 heavy (non-hydrogen) atoms. The van der Waals surface area contributed by atoms with Gasteiger partial charge in [0.05, 0.1) is 24.8 Å². The molecule has 0 atom stereocenters. The molecule has 0 aliphatic carbocycles. The average Bonchev–Trinajstić information content (AvgIpc) is 2.42. The number of carbonyl (C=O) groups is 2. The van der Waals surface area contributed by atoms with Crippen molar-refractivity contribution in [2.75, 3.05) is 20.3 Å². The van der Waals surface area contributed by atoms with Crippen molar-refractivity contribution in [3.05, 3.63) is 35.4 Å². The van der Waals surface area contributed by atoms with Gasteiger partial charge < -0.3 is 14.6 Å². The molecule has 0 heterocycles. The number of unbranched alkanes of at least 4 members (excludes halogenated alkanes) is 1. The van der Waals surface area contributed by atoms with Crippen molar-refractivity contribution in [3.8, 4) is 0 Å². The van der Waals surface area contributed by atoms with E-state index in [1.807, 2.05) is 0 Å². The van der Waals surface area contributed by atoms with Crippen molar-refractivity contribution in [2.45, 2.75) is 12.8 Å². The largest absolute Gasteiger partial charge is 0.465 e. The second kappa shape index (κ2) is 7.45. The van der Waals surface area contributed by atoms with Crippen LogP contribution in [0.15, 0.2) is 24.3 Å². The molecule has 0 saturated carbocycles. The Morgan fingerprint density at radius 2 is 1.72 bits per heavy atom. The summed E-state index contributed by atoms with van der Waals surface area (Å²) in [5.41, 5.74) is 0.375. The molecule has 0 bridgehead atoms. The number of rotatable bonds is 6. The van der Waals surface area contributed by atoms with E-state index in [1.54, 1.807) is 12.1 Å². The van der Waals surface area contributed by atoms with E-state index in [1.165, 1.54) is 19.2 Å². The Morgan fingerprint density at radius 1 is 1.11 bits per heavy atom. The molecule has 5 nitrogen and oxygen atoms in total. The van der Waals surface area contributed by atoms with Crippen LogP contribution in [0.4, 0.5) is 0 Å². The topological polar surface area (TPSA) is 72.8 Å². The van der Waals surface area contributed by atoms with Gasteiger partial charge in [-0.05, 0) is 25.0 Å². The molecule has 0 fully saturated rings. The summed E-state index contributed by atoms with van der Waals surface area (Å²) in [6.07, 6.45) is 1.16. The Morgan fingerprint density at radius 3 is 2.28 bits per heavy atom. The number of aliphatic hydroxyl groups is 1. The lowest BCUT2D eigenvalue weighted by atomic mass is 10.1. The van der Waals surface area contributed by atoms with Crippen LogP contribution in [0.2, 0.25) is 0 Å². The number of esters is 2. The van der Waals surface area contributed by atoms with Crippen LogP contribution >= 0.6 is 0 Å². The molecule has 1 aromatic carbocycles. The number of hydrogen-bond donors (Lipinski definition) is 1. The first-order chi connectivity index (χ1) is 8.70. The maximum Gasteiger partial charge on any atom is 0.339 e. The number of ether oxygens (including phenoxy) is 2. The number of carbonyl (C=O) groups excluding carboxylic acids is 2. The number of methoxy groups -OCH3 is 1. The Labute approximate surface area is 105 Å². The van der Waals surface area contributed by atoms with Crippen LogP contribution in [0.25, 0.3) is 0 Å². The minimum Gasteiger partial charge on any atom is -0.465 e. The highest BCUT2D eigenvalue weighted by atomic mass is 16.5. The van der Waals surface area contributed by atoms with E-state index in [-0.39, 0.29) is 24.3 Å². The highest BCUT2D eigenvalue weighted by Gasteiger charge is 2.17. The van der Waals surface area contributed by atoms with E-state index < -0.39 is 11.9 Å². The molecule has 1 aromatic rings. The predicted octanol–water partition coefficient (Wildman–Crippen LogP) is 1.40. The van der Waals surface area contributed by atoms with Gasteiger partial charge in [-0.3, -0.25) is 0 Å². The van der Waals surface area contributed by atoms with Gasteiger partial charge >= 0.3 is 11.9 Å². The molecule has 0 spiro atoms. The Hall–Kier alpha value is -1.88. The summed E-state index contributed by atoms with van der Waals surface area (Å²) in [6.45, 7) is 0.283. The minimum absolute atomic E-state index is 0.0658. The smallest absolute Gasteiger partial charge is 0.339 e. The molecule has 0 amide bonds. The van der Waals surface area contributed by atoms with Crippen molar-refractivity contribution in [1.29, 1.82) is 0 Å². The first kappa shape index (κ1) is 14.2. The van der Waals surface area contributed by atoms with Crippen LogP contribution < -0.4 is 0 Å². The monoisotopic (exact) mass is 252 g/mol. The molecule has 0 aliphatic rings. The average molecular weight is 252 g/mol. The van der Waals surface area contributed by atoms with E-state index in [0.29, 0.717) is 12.8 Å². The van der Waals surface area contributed by atoms with Gasteiger partial charge in [-0.25, -0.2) is 9.59 Å². The van der Waals surface area contributed by atoms with Crippen molar-refractivity contribution in [1.82, 2.24) is 0 Å². The molecule has 0 radical (unpaired) electrons. The van der Waals surface area contributed by atoms with Crippen LogP contribution in [0, 0.1) is 0 Å². The summed E-state index contributed by atoms with van der Waals surface area (Å²) in [5, 5.41) is 8.60. The van der Waals surface area contributed by atoms with Gasteiger partial charge in [-0.2, -0.15) is 0 Å². The maximum absolute atomic E-state index is 11.8. The zero-order valence-corrected chi connectivity index (χ0v) is 10.2. The number of hydrogen-bond acceptors (Lipinski definition) is 5. The van der Waals surface area contributed by atoms with Crippen LogP contribution in [-0.4, -0.2) is 37.4 Å². The van der Waals surface area contributed by atoms with E-state index in [9.17, 15) is 9.59 Å². The molecular formula is C13H16O5. The molecule has 0 aromatic heterocycles. The van der Waals surface area contributed by atoms with E-state index in [4.69, 9.17) is 9.84 Å². The van der Waals surface area contributed by atoms with Gasteiger partial charge in [0.15, 0.2) is 0 Å². The third-order valence-electron chi connectivity index (χ3n) is 2.34. The second-order valence-electron chi connectivity index (χ2n) is 3.60. The van der Waals surface area contributed by atoms with E-state index >= 15 is 0 Å².